The highest BCUT2D eigenvalue weighted by atomic mass is 28.5. The Kier molecular flexibility index (Phi) is 11.8. The van der Waals surface area contributed by atoms with E-state index in [1.807, 2.05) is 30.3 Å². The predicted octanol–water partition coefficient (Wildman–Crippen LogP) is 5.88. The highest BCUT2D eigenvalue weighted by Crippen LogP contribution is 2.32. The molecule has 0 fully saturated rings. The summed E-state index contributed by atoms with van der Waals surface area (Å²) in [4.78, 5) is 12.0. The topological polar surface area (TPSA) is 81.7 Å². The fourth-order valence-corrected chi connectivity index (χ4v) is 17.3. The average Bonchev–Trinajstić information content (AvgIpc) is 3.09. The second-order valence-corrected chi connectivity index (χ2v) is 20.0. The van der Waals surface area contributed by atoms with Gasteiger partial charge in [0.1, 0.15) is 0 Å². The van der Waals surface area contributed by atoms with Crippen LogP contribution in [-0.2, 0) is 35.5 Å². The van der Waals surface area contributed by atoms with Crippen LogP contribution in [0.3, 0.4) is 0 Å². The highest BCUT2D eigenvalue weighted by molar-refractivity contribution is 6.96. The first-order chi connectivity index (χ1) is 22.7. The number of rotatable bonds is 15. The number of hydrogen-bond donors (Lipinski definition) is 0. The van der Waals surface area contributed by atoms with Crippen molar-refractivity contribution >= 4 is 64.1 Å². The average molecular weight is 727 g/mol. The summed E-state index contributed by atoms with van der Waals surface area (Å²) in [7, 11) is -8.70. The molecule has 48 heavy (non-hydrogen) atoms. The maximum atomic E-state index is 15.5. The van der Waals surface area contributed by atoms with Crippen molar-refractivity contribution in [2.45, 2.75) is 25.9 Å². The van der Waals surface area contributed by atoms with Gasteiger partial charge in [-0.1, -0.05) is 55.1 Å². The number of fused-ring (bicyclic) bond motifs is 2. The molecule has 4 aromatic rings. The van der Waals surface area contributed by atoms with Crippen LogP contribution in [0.4, 0.5) is 22.0 Å². The zero-order valence-corrected chi connectivity index (χ0v) is 30.2. The monoisotopic (exact) mass is 726 g/mol. The number of esters is 1. The molecule has 4 aromatic carbocycles. The van der Waals surface area contributed by atoms with Crippen LogP contribution in [0.5, 0.6) is 0 Å². The fourth-order valence-electron chi connectivity index (χ4n) is 5.47. The van der Waals surface area contributed by atoms with Crippen molar-refractivity contribution in [2.75, 3.05) is 35.0 Å². The van der Waals surface area contributed by atoms with E-state index >= 15 is 8.78 Å². The number of ether oxygens (including phenoxy) is 1. The summed E-state index contributed by atoms with van der Waals surface area (Å²) in [5.41, 5.74) is 0.206. The van der Waals surface area contributed by atoms with Gasteiger partial charge in [0, 0.05) is 45.2 Å². The number of benzene rings is 4. The summed E-state index contributed by atoms with van der Waals surface area (Å²) >= 11 is 0. The lowest BCUT2D eigenvalue weighted by Crippen LogP contribution is -2.70. The van der Waals surface area contributed by atoms with Gasteiger partial charge in [-0.25, -0.2) is 26.7 Å². The highest BCUT2D eigenvalue weighted by Gasteiger charge is 2.59. The van der Waals surface area contributed by atoms with E-state index < -0.39 is 66.4 Å². The van der Waals surface area contributed by atoms with Crippen LogP contribution in [0.2, 0.25) is 12.6 Å². The third kappa shape index (κ3) is 7.03. The molecule has 0 saturated carbocycles. The molecule has 0 N–H and O–H groups in total. The molecular formula is C32H35F5O8Si3. The molecule has 0 spiro atoms. The zero-order valence-electron chi connectivity index (χ0n) is 27.2. The van der Waals surface area contributed by atoms with Gasteiger partial charge in [-0.2, -0.15) is 0 Å². The Hall–Kier alpha value is -3.33. The van der Waals surface area contributed by atoms with E-state index in [1.165, 1.54) is 27.7 Å². The van der Waals surface area contributed by atoms with E-state index in [-0.39, 0.29) is 24.6 Å². The molecule has 4 rings (SSSR count). The summed E-state index contributed by atoms with van der Waals surface area (Å²) in [6.07, 6.45) is 0.197. The molecule has 1 atom stereocenters. The Bertz CT molecular complexity index is 1750. The van der Waals surface area contributed by atoms with Crippen molar-refractivity contribution in [3.63, 3.8) is 0 Å². The Morgan fingerprint density at radius 1 is 0.708 bits per heavy atom. The first kappa shape index (κ1) is 37.5. The molecule has 0 aromatic heterocycles. The zero-order chi connectivity index (χ0) is 35.4. The van der Waals surface area contributed by atoms with Crippen molar-refractivity contribution in [3.8, 4) is 0 Å². The van der Waals surface area contributed by atoms with Crippen LogP contribution in [0.25, 0.3) is 21.5 Å². The Morgan fingerprint density at radius 2 is 1.19 bits per heavy atom. The molecule has 0 aliphatic rings. The molecule has 0 saturated heterocycles. The second-order valence-electron chi connectivity index (χ2n) is 10.9. The van der Waals surface area contributed by atoms with Gasteiger partial charge in [0.05, 0.1) is 11.8 Å². The normalized spacial score (nSPS) is 13.6. The Balaban J connectivity index is 2.00. The van der Waals surface area contributed by atoms with E-state index in [2.05, 4.69) is 6.58 Å². The molecule has 0 aliphatic heterocycles. The van der Waals surface area contributed by atoms with Gasteiger partial charge >= 0.3 is 32.1 Å². The summed E-state index contributed by atoms with van der Waals surface area (Å²) in [5, 5.41) is 1.76. The molecule has 8 nitrogen and oxygen atoms in total. The van der Waals surface area contributed by atoms with E-state index in [0.29, 0.717) is 16.0 Å². The summed E-state index contributed by atoms with van der Waals surface area (Å²) in [5.74, 6) is -11.7. The van der Waals surface area contributed by atoms with Crippen molar-refractivity contribution in [1.29, 1.82) is 0 Å². The molecule has 0 bridgehead atoms. The molecule has 0 aliphatic carbocycles. The smallest absolute Gasteiger partial charge is 0.462 e. The molecule has 0 heterocycles. The third-order valence-corrected chi connectivity index (χ3v) is 19.0. The first-order valence-electron chi connectivity index (χ1n) is 14.6. The first-order valence-corrected chi connectivity index (χ1v) is 20.6. The van der Waals surface area contributed by atoms with Crippen molar-refractivity contribution in [3.05, 3.63) is 95.8 Å². The summed E-state index contributed by atoms with van der Waals surface area (Å²) in [6, 6.07) is 16.4. The number of carbonyl (C=O) groups excluding carboxylic acids is 1. The third-order valence-electron chi connectivity index (χ3n) is 7.79. The van der Waals surface area contributed by atoms with Crippen LogP contribution in [-0.4, -0.2) is 67.2 Å². The Labute approximate surface area is 277 Å². The predicted molar refractivity (Wildman–Crippen MR) is 175 cm³/mol. The maximum Gasteiger partial charge on any atom is 0.534 e. The molecule has 0 amide bonds. The molecule has 1 unspecified atom stereocenters. The van der Waals surface area contributed by atoms with E-state index in [1.54, 1.807) is 24.3 Å². The second kappa shape index (κ2) is 15.1. The van der Waals surface area contributed by atoms with E-state index in [0.717, 1.165) is 25.0 Å². The van der Waals surface area contributed by atoms with E-state index in [4.69, 9.17) is 30.7 Å². The lowest BCUT2D eigenvalue weighted by atomic mass is 10.0. The summed E-state index contributed by atoms with van der Waals surface area (Å²) in [6.45, 7) is 6.55. The standard InChI is InChI=1S/C32H35F5O8Si3/c1-20(2)32(38)43-17-12-18-47(39-3,40-4)44-46(7,30-23-15-10-8-13-21(23)19-22-14-9-11-16-24(22)30)45-48(41-5,42-6)31-28(36)26(34)25(33)27(35)29(31)37/h8-11,13-16,19H,1,12,17-18H2,2-7H3. The maximum absolute atomic E-state index is 15.5. The van der Waals surface area contributed by atoms with Crippen LogP contribution in [0.1, 0.15) is 13.3 Å². The van der Waals surface area contributed by atoms with Gasteiger partial charge in [-0.05, 0) is 47.5 Å². The molecule has 258 valence electrons. The Morgan fingerprint density at radius 3 is 1.65 bits per heavy atom. The molecular weight excluding hydrogens is 692 g/mol. The summed E-state index contributed by atoms with van der Waals surface area (Å²) < 4.78 is 116. The van der Waals surface area contributed by atoms with Gasteiger partial charge in [0.2, 0.25) is 5.82 Å². The van der Waals surface area contributed by atoms with E-state index in [9.17, 15) is 18.0 Å². The lowest BCUT2D eigenvalue weighted by molar-refractivity contribution is -0.139. The van der Waals surface area contributed by atoms with Crippen LogP contribution in [0, 0.1) is 29.1 Å². The number of halogens is 5. The van der Waals surface area contributed by atoms with Crippen LogP contribution in [0.15, 0.2) is 66.7 Å². The minimum Gasteiger partial charge on any atom is -0.462 e. The van der Waals surface area contributed by atoms with Gasteiger partial charge in [-0.15, -0.1) is 0 Å². The largest absolute Gasteiger partial charge is 0.534 e. The number of hydrogen-bond acceptors (Lipinski definition) is 8. The van der Waals surface area contributed by atoms with Crippen LogP contribution < -0.4 is 10.4 Å². The van der Waals surface area contributed by atoms with Gasteiger partial charge in [0.25, 0.3) is 0 Å². The number of carbonyl (C=O) groups is 1. The van der Waals surface area contributed by atoms with Gasteiger partial charge < -0.3 is 30.7 Å². The molecule has 16 heteroatoms. The van der Waals surface area contributed by atoms with Crippen molar-refractivity contribution < 1.29 is 57.4 Å². The minimum atomic E-state index is -5.11. The fraction of sp³-hybridized carbons (Fsp3) is 0.281. The van der Waals surface area contributed by atoms with Gasteiger partial charge in [-0.3, -0.25) is 0 Å². The van der Waals surface area contributed by atoms with Crippen molar-refractivity contribution in [1.82, 2.24) is 0 Å². The van der Waals surface area contributed by atoms with Crippen molar-refractivity contribution in [2.24, 2.45) is 0 Å². The lowest BCUT2D eigenvalue weighted by Gasteiger charge is -2.41. The van der Waals surface area contributed by atoms with Crippen LogP contribution >= 0.6 is 0 Å². The molecule has 0 radical (unpaired) electrons. The SMILES string of the molecule is C=C(C)C(=O)OCCC[Si](OC)(OC)O[Si](C)(O[Si](OC)(OC)c1c(F)c(F)c(F)c(F)c1F)c1c2ccccc2cc2ccccc12. The van der Waals surface area contributed by atoms with Gasteiger partial charge in [0.15, 0.2) is 23.3 Å². The minimum absolute atomic E-state index is 0.0494. The quantitative estimate of drug-likeness (QED) is 0.0220.